The molecule has 1 aliphatic heterocycles. The van der Waals surface area contributed by atoms with E-state index in [0.717, 1.165) is 12.8 Å². The van der Waals surface area contributed by atoms with Crippen LogP contribution in [0, 0.1) is 12.8 Å². The minimum atomic E-state index is -3.57. The fraction of sp³-hybridized carbons (Fsp3) is 0.412. The topological polar surface area (TPSA) is 105 Å². The second-order valence-corrected chi connectivity index (χ2v) is 8.21. The highest BCUT2D eigenvalue weighted by Gasteiger charge is 2.26. The Labute approximate surface area is 152 Å². The van der Waals surface area contributed by atoms with Crippen LogP contribution in [0.25, 0.3) is 0 Å². The molecular weight excluding hydrogens is 356 g/mol. The van der Waals surface area contributed by atoms with Crippen LogP contribution in [0.4, 0.5) is 11.4 Å². The van der Waals surface area contributed by atoms with E-state index >= 15 is 0 Å². The quantitative estimate of drug-likeness (QED) is 0.832. The summed E-state index contributed by atoms with van der Waals surface area (Å²) in [4.78, 5) is 12.1. The van der Waals surface area contributed by atoms with Gasteiger partial charge in [0.05, 0.1) is 6.20 Å². The average molecular weight is 378 g/mol. The summed E-state index contributed by atoms with van der Waals surface area (Å²) >= 11 is 0. The first-order chi connectivity index (χ1) is 12.3. The van der Waals surface area contributed by atoms with Crippen molar-refractivity contribution in [1.82, 2.24) is 9.46 Å². The van der Waals surface area contributed by atoms with E-state index in [1.54, 1.807) is 31.2 Å². The number of aryl methyl sites for hydroxylation is 1. The predicted molar refractivity (Wildman–Crippen MR) is 98.1 cm³/mol. The van der Waals surface area contributed by atoms with Gasteiger partial charge in [0.1, 0.15) is 11.3 Å². The number of hydrogen-bond acceptors (Lipinski definition) is 5. The molecule has 0 saturated carbocycles. The summed E-state index contributed by atoms with van der Waals surface area (Å²) in [5, 5.41) is 6.29. The third-order valence-corrected chi connectivity index (χ3v) is 5.85. The molecule has 2 N–H and O–H groups in total. The first-order valence-electron chi connectivity index (χ1n) is 8.46. The summed E-state index contributed by atoms with van der Waals surface area (Å²) in [6.45, 7) is 4.77. The molecule has 3 rings (SSSR count). The molecular formula is C17H22N4O4S. The molecule has 0 aliphatic carbocycles. The summed E-state index contributed by atoms with van der Waals surface area (Å²) in [5.74, 6) is 0.459. The van der Waals surface area contributed by atoms with Crippen LogP contribution in [0.5, 0.6) is 0 Å². The van der Waals surface area contributed by atoms with E-state index in [1.165, 1.54) is 10.5 Å². The first-order valence-corrected chi connectivity index (χ1v) is 9.90. The van der Waals surface area contributed by atoms with Crippen molar-refractivity contribution in [2.75, 3.05) is 23.1 Å². The highest BCUT2D eigenvalue weighted by molar-refractivity contribution is 7.90. The van der Waals surface area contributed by atoms with Crippen molar-refractivity contribution in [1.29, 1.82) is 0 Å². The Morgan fingerprint density at radius 1 is 1.27 bits per heavy atom. The maximum absolute atomic E-state index is 12.5. The molecule has 2 heterocycles. The normalized spacial score (nSPS) is 18.5. The third kappa shape index (κ3) is 4.23. The minimum absolute atomic E-state index is 0.334. The summed E-state index contributed by atoms with van der Waals surface area (Å²) in [6, 6.07) is 6.50. The molecule has 26 heavy (non-hydrogen) atoms. The summed E-state index contributed by atoms with van der Waals surface area (Å²) in [6.07, 6.45) is 3.27. The van der Waals surface area contributed by atoms with Crippen molar-refractivity contribution in [2.45, 2.75) is 26.7 Å². The van der Waals surface area contributed by atoms with Gasteiger partial charge in [0.2, 0.25) is 0 Å². The number of benzene rings is 1. The lowest BCUT2D eigenvalue weighted by Gasteiger charge is -2.30. The average Bonchev–Trinajstić information content (AvgIpc) is 3.02. The molecule has 1 fully saturated rings. The number of carbonyl (C=O) groups is 1. The van der Waals surface area contributed by atoms with Crippen LogP contribution in [-0.4, -0.2) is 36.9 Å². The number of aromatic nitrogens is 1. The SMILES string of the molecule is Cc1oncc1C(=O)Nc1ccc(NS(=O)(=O)N2CCCC(C)C2)cc1. The number of rotatable bonds is 5. The van der Waals surface area contributed by atoms with Gasteiger partial charge < -0.3 is 9.84 Å². The smallest absolute Gasteiger partial charge is 0.301 e. The number of piperidine rings is 1. The molecule has 1 aliphatic rings. The van der Waals surface area contributed by atoms with Crippen LogP contribution in [0.1, 0.15) is 35.9 Å². The number of carbonyl (C=O) groups excluding carboxylic acids is 1. The highest BCUT2D eigenvalue weighted by atomic mass is 32.2. The molecule has 140 valence electrons. The van der Waals surface area contributed by atoms with Gasteiger partial charge in [-0.25, -0.2) is 0 Å². The van der Waals surface area contributed by atoms with Crippen LogP contribution >= 0.6 is 0 Å². The van der Waals surface area contributed by atoms with Gasteiger partial charge in [-0.3, -0.25) is 9.52 Å². The lowest BCUT2D eigenvalue weighted by molar-refractivity contribution is 0.102. The first kappa shape index (κ1) is 18.4. The summed E-state index contributed by atoms with van der Waals surface area (Å²) < 4.78 is 33.9. The maximum Gasteiger partial charge on any atom is 0.301 e. The molecule has 8 nitrogen and oxygen atoms in total. The monoisotopic (exact) mass is 378 g/mol. The summed E-state index contributed by atoms with van der Waals surface area (Å²) in [5.41, 5.74) is 1.35. The Bertz CT molecular complexity index is 876. The molecule has 1 unspecified atom stereocenters. The van der Waals surface area contributed by atoms with Gasteiger partial charge in [-0.1, -0.05) is 12.1 Å². The van der Waals surface area contributed by atoms with Gasteiger partial charge in [-0.05, 0) is 49.9 Å². The van der Waals surface area contributed by atoms with E-state index in [4.69, 9.17) is 4.52 Å². The van der Waals surface area contributed by atoms with Crippen LogP contribution in [0.3, 0.4) is 0 Å². The zero-order valence-electron chi connectivity index (χ0n) is 14.7. The number of amides is 1. The number of nitrogens with one attached hydrogen (secondary N) is 2. The Morgan fingerprint density at radius 2 is 1.96 bits per heavy atom. The van der Waals surface area contributed by atoms with Crippen molar-refractivity contribution >= 4 is 27.5 Å². The molecule has 0 spiro atoms. The Balaban J connectivity index is 1.64. The largest absolute Gasteiger partial charge is 0.361 e. The Kier molecular flexibility index (Phi) is 5.28. The van der Waals surface area contributed by atoms with Crippen molar-refractivity contribution in [3.05, 3.63) is 41.8 Å². The molecule has 1 amide bonds. The van der Waals surface area contributed by atoms with Crippen molar-refractivity contribution < 1.29 is 17.7 Å². The predicted octanol–water partition coefficient (Wildman–Crippen LogP) is 2.62. The molecule has 1 aromatic carbocycles. The van der Waals surface area contributed by atoms with Crippen molar-refractivity contribution in [3.63, 3.8) is 0 Å². The van der Waals surface area contributed by atoms with E-state index in [0.29, 0.717) is 41.7 Å². The van der Waals surface area contributed by atoms with E-state index in [9.17, 15) is 13.2 Å². The van der Waals surface area contributed by atoms with E-state index in [-0.39, 0.29) is 5.91 Å². The lowest BCUT2D eigenvalue weighted by atomic mass is 10.0. The van der Waals surface area contributed by atoms with Crippen molar-refractivity contribution in [3.8, 4) is 0 Å². The highest BCUT2D eigenvalue weighted by Crippen LogP contribution is 2.21. The molecule has 1 atom stereocenters. The van der Waals surface area contributed by atoms with Crippen LogP contribution in [-0.2, 0) is 10.2 Å². The van der Waals surface area contributed by atoms with Gasteiger partial charge in [0, 0.05) is 24.5 Å². The van der Waals surface area contributed by atoms with Gasteiger partial charge in [0.25, 0.3) is 5.91 Å². The number of anilines is 2. The van der Waals surface area contributed by atoms with E-state index in [1.807, 2.05) is 0 Å². The standard InChI is InChI=1S/C17H22N4O4S/c1-12-4-3-9-21(11-12)26(23,24)20-15-7-5-14(6-8-15)19-17(22)16-10-18-25-13(16)2/h5-8,10,12,20H,3-4,9,11H2,1-2H3,(H,19,22). The third-order valence-electron chi connectivity index (χ3n) is 4.34. The van der Waals surface area contributed by atoms with Gasteiger partial charge >= 0.3 is 10.2 Å². The second kappa shape index (κ2) is 7.46. The number of nitrogens with zero attached hydrogens (tertiary/aromatic N) is 2. The van der Waals surface area contributed by atoms with Gasteiger partial charge in [0.15, 0.2) is 0 Å². The zero-order chi connectivity index (χ0) is 18.7. The van der Waals surface area contributed by atoms with Crippen LogP contribution in [0.2, 0.25) is 0 Å². The number of hydrogen-bond donors (Lipinski definition) is 2. The molecule has 9 heteroatoms. The van der Waals surface area contributed by atoms with Crippen LogP contribution in [0.15, 0.2) is 35.0 Å². The lowest BCUT2D eigenvalue weighted by Crippen LogP contribution is -2.42. The van der Waals surface area contributed by atoms with Crippen molar-refractivity contribution in [2.24, 2.45) is 5.92 Å². The zero-order valence-corrected chi connectivity index (χ0v) is 15.5. The van der Waals surface area contributed by atoms with Gasteiger partial charge in [-0.15, -0.1) is 0 Å². The maximum atomic E-state index is 12.5. The fourth-order valence-corrected chi connectivity index (χ4v) is 4.30. The molecule has 1 saturated heterocycles. The van der Waals surface area contributed by atoms with Crippen LogP contribution < -0.4 is 10.0 Å². The second-order valence-electron chi connectivity index (χ2n) is 6.54. The van der Waals surface area contributed by atoms with Gasteiger partial charge in [-0.2, -0.15) is 12.7 Å². The molecule has 1 aromatic heterocycles. The van der Waals surface area contributed by atoms with E-state index < -0.39 is 10.2 Å². The molecule has 2 aromatic rings. The Morgan fingerprint density at radius 3 is 2.58 bits per heavy atom. The molecule has 0 bridgehead atoms. The Hall–Kier alpha value is -2.39. The molecule has 0 radical (unpaired) electrons. The fourth-order valence-electron chi connectivity index (χ4n) is 2.91. The van der Waals surface area contributed by atoms with E-state index in [2.05, 4.69) is 22.1 Å². The summed E-state index contributed by atoms with van der Waals surface area (Å²) in [7, 11) is -3.57. The minimum Gasteiger partial charge on any atom is -0.361 e.